The number of amides is 1. The van der Waals surface area contributed by atoms with E-state index in [0.29, 0.717) is 0 Å². The molecule has 1 saturated heterocycles. The van der Waals surface area contributed by atoms with Crippen LogP contribution in [0, 0.1) is 5.41 Å². The fraction of sp³-hybridized carbons (Fsp3) is 0.562. The van der Waals surface area contributed by atoms with Crippen molar-refractivity contribution in [2.24, 2.45) is 5.41 Å². The van der Waals surface area contributed by atoms with E-state index < -0.39 is 0 Å². The molecule has 1 aliphatic rings. The summed E-state index contributed by atoms with van der Waals surface area (Å²) in [5.74, 6) is 1.08. The number of ether oxygens (including phenoxy) is 1. The van der Waals surface area contributed by atoms with E-state index in [-0.39, 0.29) is 11.3 Å². The molecule has 0 saturated carbocycles. The van der Waals surface area contributed by atoms with Crippen LogP contribution < -0.4 is 10.1 Å². The van der Waals surface area contributed by atoms with Crippen molar-refractivity contribution in [3.63, 3.8) is 0 Å². The molecule has 3 nitrogen and oxygen atoms in total. The molecule has 1 aromatic carbocycles. The lowest BCUT2D eigenvalue weighted by molar-refractivity contribution is -0.131. The van der Waals surface area contributed by atoms with Crippen molar-refractivity contribution in [1.82, 2.24) is 5.32 Å². The van der Waals surface area contributed by atoms with Crippen LogP contribution in [0.4, 0.5) is 0 Å². The van der Waals surface area contributed by atoms with Gasteiger partial charge in [-0.05, 0) is 43.4 Å². The summed E-state index contributed by atoms with van der Waals surface area (Å²) in [4.78, 5) is 12.4. The number of nitrogens with one attached hydrogen (secondary N) is 1. The molecule has 1 aliphatic heterocycles. The van der Waals surface area contributed by atoms with Gasteiger partial charge in [0.15, 0.2) is 0 Å². The Balaban J connectivity index is 2.23. The molecule has 0 spiro atoms. The largest absolute Gasteiger partial charge is 0.497 e. The second kappa shape index (κ2) is 6.09. The van der Waals surface area contributed by atoms with Crippen molar-refractivity contribution < 1.29 is 9.53 Å². The van der Waals surface area contributed by atoms with Crippen LogP contribution in [0.1, 0.15) is 38.2 Å². The van der Waals surface area contributed by atoms with Crippen molar-refractivity contribution in [2.75, 3.05) is 13.7 Å². The predicted molar refractivity (Wildman–Crippen MR) is 76.3 cm³/mol. The number of benzene rings is 1. The molecule has 104 valence electrons. The number of hydrogen-bond donors (Lipinski definition) is 1. The van der Waals surface area contributed by atoms with Crippen molar-refractivity contribution in [2.45, 2.75) is 39.0 Å². The second-order valence-corrected chi connectivity index (χ2v) is 5.38. The molecule has 0 aliphatic carbocycles. The fourth-order valence-electron chi connectivity index (χ4n) is 2.90. The maximum Gasteiger partial charge on any atom is 0.226 e. The first-order valence-electron chi connectivity index (χ1n) is 7.11. The molecule has 1 amide bonds. The Labute approximate surface area is 115 Å². The van der Waals surface area contributed by atoms with Crippen LogP contribution in [0.3, 0.4) is 0 Å². The molecule has 1 aromatic rings. The molecule has 1 atom stereocenters. The van der Waals surface area contributed by atoms with Gasteiger partial charge in [0.2, 0.25) is 5.91 Å². The summed E-state index contributed by atoms with van der Waals surface area (Å²) in [6.45, 7) is 2.93. The normalized spacial score (nSPS) is 23.6. The Bertz CT molecular complexity index is 444. The Morgan fingerprint density at radius 3 is 2.95 bits per heavy atom. The maximum absolute atomic E-state index is 12.4. The third kappa shape index (κ3) is 3.09. The lowest BCUT2D eigenvalue weighted by Crippen LogP contribution is -2.40. The van der Waals surface area contributed by atoms with Crippen molar-refractivity contribution >= 4 is 5.91 Å². The van der Waals surface area contributed by atoms with Gasteiger partial charge in [-0.2, -0.15) is 0 Å². The summed E-state index contributed by atoms with van der Waals surface area (Å²) in [5.41, 5.74) is 0.932. The number of hydrogen-bond acceptors (Lipinski definition) is 2. The number of methoxy groups -OCH3 is 1. The monoisotopic (exact) mass is 261 g/mol. The Hall–Kier alpha value is -1.51. The zero-order valence-corrected chi connectivity index (χ0v) is 11.9. The van der Waals surface area contributed by atoms with Crippen molar-refractivity contribution in [3.05, 3.63) is 29.8 Å². The average Bonchev–Trinajstić information content (AvgIpc) is 2.62. The van der Waals surface area contributed by atoms with Gasteiger partial charge in [0.1, 0.15) is 5.75 Å². The molecular formula is C16H23NO2. The summed E-state index contributed by atoms with van der Waals surface area (Å²) in [7, 11) is 1.67. The van der Waals surface area contributed by atoms with Gasteiger partial charge in [0, 0.05) is 6.54 Å². The highest BCUT2D eigenvalue weighted by molar-refractivity contribution is 5.83. The van der Waals surface area contributed by atoms with E-state index in [0.717, 1.165) is 44.4 Å². The van der Waals surface area contributed by atoms with E-state index in [2.05, 4.69) is 18.3 Å². The molecule has 3 heteroatoms. The molecule has 1 N–H and O–H groups in total. The van der Waals surface area contributed by atoms with Crippen LogP contribution in [0.2, 0.25) is 0 Å². The average molecular weight is 261 g/mol. The molecule has 0 aromatic heterocycles. The van der Waals surface area contributed by atoms with Crippen LogP contribution in [-0.2, 0) is 11.2 Å². The van der Waals surface area contributed by atoms with E-state index in [1.165, 1.54) is 5.56 Å². The summed E-state index contributed by atoms with van der Waals surface area (Å²) < 4.78 is 5.26. The molecule has 19 heavy (non-hydrogen) atoms. The predicted octanol–water partition coefficient (Wildman–Crippen LogP) is 2.93. The highest BCUT2D eigenvalue weighted by atomic mass is 16.5. The van der Waals surface area contributed by atoms with Gasteiger partial charge in [0.05, 0.1) is 12.5 Å². The SMILES string of the molecule is CC[C@@]1(Cc2cccc(OC)c2)CCCCNC1=O. The van der Waals surface area contributed by atoms with Crippen LogP contribution in [0.25, 0.3) is 0 Å². The van der Waals surface area contributed by atoms with Gasteiger partial charge in [-0.3, -0.25) is 4.79 Å². The third-order valence-electron chi connectivity index (χ3n) is 4.20. The summed E-state index contributed by atoms with van der Waals surface area (Å²) in [6, 6.07) is 8.05. The molecular weight excluding hydrogens is 238 g/mol. The van der Waals surface area contributed by atoms with Crippen LogP contribution in [0.5, 0.6) is 5.75 Å². The zero-order chi connectivity index (χ0) is 13.7. The first-order chi connectivity index (χ1) is 9.20. The minimum Gasteiger partial charge on any atom is -0.497 e. The van der Waals surface area contributed by atoms with E-state index in [1.54, 1.807) is 7.11 Å². The molecule has 0 radical (unpaired) electrons. The highest BCUT2D eigenvalue weighted by Gasteiger charge is 2.37. The molecule has 1 fully saturated rings. The summed E-state index contributed by atoms with van der Waals surface area (Å²) in [6.07, 6.45) is 4.87. The van der Waals surface area contributed by atoms with Gasteiger partial charge < -0.3 is 10.1 Å². The number of rotatable bonds is 4. The molecule has 2 rings (SSSR count). The summed E-state index contributed by atoms with van der Waals surface area (Å²) in [5, 5.41) is 3.07. The van der Waals surface area contributed by atoms with Crippen LogP contribution >= 0.6 is 0 Å². The first-order valence-corrected chi connectivity index (χ1v) is 7.11. The standard InChI is InChI=1S/C16H23NO2/c1-3-16(9-4-5-10-17-15(16)18)12-13-7-6-8-14(11-13)19-2/h6-8,11H,3-5,9-10,12H2,1-2H3,(H,17,18)/t16-/m0/s1. The summed E-state index contributed by atoms with van der Waals surface area (Å²) >= 11 is 0. The second-order valence-electron chi connectivity index (χ2n) is 5.38. The zero-order valence-electron chi connectivity index (χ0n) is 11.9. The quantitative estimate of drug-likeness (QED) is 0.905. The van der Waals surface area contributed by atoms with Crippen LogP contribution in [0.15, 0.2) is 24.3 Å². The van der Waals surface area contributed by atoms with E-state index in [9.17, 15) is 4.79 Å². The minimum atomic E-state index is -0.247. The lowest BCUT2D eigenvalue weighted by Gasteiger charge is -2.29. The van der Waals surface area contributed by atoms with Gasteiger partial charge in [-0.25, -0.2) is 0 Å². The van der Waals surface area contributed by atoms with Gasteiger partial charge in [0.25, 0.3) is 0 Å². The molecule has 0 bridgehead atoms. The van der Waals surface area contributed by atoms with Gasteiger partial charge in [-0.15, -0.1) is 0 Å². The van der Waals surface area contributed by atoms with E-state index >= 15 is 0 Å². The topological polar surface area (TPSA) is 38.3 Å². The molecule has 1 heterocycles. The lowest BCUT2D eigenvalue weighted by atomic mass is 9.75. The van der Waals surface area contributed by atoms with Crippen molar-refractivity contribution in [1.29, 1.82) is 0 Å². The maximum atomic E-state index is 12.4. The minimum absolute atomic E-state index is 0.218. The third-order valence-corrected chi connectivity index (χ3v) is 4.20. The Kier molecular flexibility index (Phi) is 4.46. The smallest absolute Gasteiger partial charge is 0.226 e. The van der Waals surface area contributed by atoms with Gasteiger partial charge >= 0.3 is 0 Å². The van der Waals surface area contributed by atoms with Crippen molar-refractivity contribution in [3.8, 4) is 5.75 Å². The van der Waals surface area contributed by atoms with Gasteiger partial charge in [-0.1, -0.05) is 25.5 Å². The fourth-order valence-corrected chi connectivity index (χ4v) is 2.90. The number of carbonyl (C=O) groups excluding carboxylic acids is 1. The van der Waals surface area contributed by atoms with E-state index in [4.69, 9.17) is 4.74 Å². The highest BCUT2D eigenvalue weighted by Crippen LogP contribution is 2.35. The Morgan fingerprint density at radius 1 is 1.37 bits per heavy atom. The van der Waals surface area contributed by atoms with Crippen LogP contribution in [-0.4, -0.2) is 19.6 Å². The Morgan fingerprint density at radius 2 is 2.21 bits per heavy atom. The number of carbonyl (C=O) groups is 1. The first kappa shape index (κ1) is 13.9. The molecule has 0 unspecified atom stereocenters. The van der Waals surface area contributed by atoms with E-state index in [1.807, 2.05) is 18.2 Å².